The average molecular weight is 380 g/mol. The van der Waals surface area contributed by atoms with Gasteiger partial charge < -0.3 is 5.32 Å². The van der Waals surface area contributed by atoms with E-state index in [1.54, 1.807) is 6.07 Å². The van der Waals surface area contributed by atoms with E-state index in [1.807, 2.05) is 12.1 Å². The Morgan fingerprint density at radius 3 is 2.74 bits per heavy atom. The van der Waals surface area contributed by atoms with Crippen LogP contribution in [0.25, 0.3) is 16.6 Å². The highest BCUT2D eigenvalue weighted by atomic mass is 35.5. The van der Waals surface area contributed by atoms with Crippen LogP contribution in [0.4, 0.5) is 0 Å². The summed E-state index contributed by atoms with van der Waals surface area (Å²) in [7, 11) is 0. The number of rotatable bonds is 1. The smallest absolute Gasteiger partial charge is 0.280 e. The van der Waals surface area contributed by atoms with E-state index in [4.69, 9.17) is 11.6 Å². The van der Waals surface area contributed by atoms with E-state index < -0.39 is 0 Å². The highest BCUT2D eigenvalue weighted by molar-refractivity contribution is 6.35. The van der Waals surface area contributed by atoms with Gasteiger partial charge in [-0.15, -0.1) is 0 Å². The number of nitrogens with one attached hydrogen (secondary N) is 1. The fourth-order valence-corrected chi connectivity index (χ4v) is 4.92. The lowest BCUT2D eigenvalue weighted by Crippen LogP contribution is -2.27. The molecule has 138 valence electrons. The number of piperidine rings is 1. The van der Waals surface area contributed by atoms with Crippen molar-refractivity contribution in [2.45, 2.75) is 38.0 Å². The Kier molecular flexibility index (Phi) is 3.72. The predicted molar refractivity (Wildman–Crippen MR) is 109 cm³/mol. The molecule has 0 unspecified atom stereocenters. The summed E-state index contributed by atoms with van der Waals surface area (Å²) in [5.41, 5.74) is 3.89. The summed E-state index contributed by atoms with van der Waals surface area (Å²) in [5.74, 6) is 1.36. The third-order valence-electron chi connectivity index (χ3n) is 6.16. The van der Waals surface area contributed by atoms with Crippen LogP contribution < -0.4 is 10.9 Å². The highest BCUT2D eigenvalue weighted by Gasteiger charge is 2.39. The summed E-state index contributed by atoms with van der Waals surface area (Å²) in [4.78, 5) is 17.1. The van der Waals surface area contributed by atoms with Crippen molar-refractivity contribution in [1.82, 2.24) is 14.9 Å². The quantitative estimate of drug-likeness (QED) is 0.691. The Morgan fingerprint density at radius 1 is 1.19 bits per heavy atom. The van der Waals surface area contributed by atoms with E-state index in [2.05, 4.69) is 46.9 Å². The monoisotopic (exact) mass is 379 g/mol. The molecule has 0 bridgehead atoms. The van der Waals surface area contributed by atoms with Gasteiger partial charge in [-0.25, -0.2) is 0 Å². The Balaban J connectivity index is 1.78. The third kappa shape index (κ3) is 2.40. The Labute approximate surface area is 163 Å². The zero-order valence-electron chi connectivity index (χ0n) is 15.6. The molecule has 4 nitrogen and oxygen atoms in total. The van der Waals surface area contributed by atoms with Crippen molar-refractivity contribution < 1.29 is 0 Å². The normalized spacial score (nSPS) is 18.5. The van der Waals surface area contributed by atoms with Crippen molar-refractivity contribution in [3.8, 4) is 5.69 Å². The molecule has 27 heavy (non-hydrogen) atoms. The second kappa shape index (κ2) is 5.91. The first-order valence-electron chi connectivity index (χ1n) is 9.56. The van der Waals surface area contributed by atoms with Crippen molar-refractivity contribution in [3.05, 3.63) is 68.7 Å². The standard InChI is InChI=1S/C22H22ClN3O/c1-22(2)16-12-14(13-8-10-24-11-9-13)6-7-18(16)26-19-15(4-3-5-17(19)23)20(27)25-21(22)26/h3-7,12-13,24H,8-11H2,1-2H3. The Bertz CT molecular complexity index is 1130. The van der Waals surface area contributed by atoms with Crippen molar-refractivity contribution in [2.75, 3.05) is 13.1 Å². The van der Waals surface area contributed by atoms with Crippen molar-refractivity contribution in [3.63, 3.8) is 0 Å². The molecular formula is C22H22ClN3O. The van der Waals surface area contributed by atoms with Gasteiger partial charge in [0.15, 0.2) is 0 Å². The minimum atomic E-state index is -0.342. The van der Waals surface area contributed by atoms with Crippen molar-refractivity contribution >= 4 is 22.5 Å². The van der Waals surface area contributed by atoms with Gasteiger partial charge in [-0.05, 0) is 75.0 Å². The molecule has 3 aromatic rings. The van der Waals surface area contributed by atoms with Gasteiger partial charge in [0.2, 0.25) is 0 Å². The van der Waals surface area contributed by atoms with Gasteiger partial charge in [-0.1, -0.05) is 29.8 Å². The number of fused-ring (bicyclic) bond motifs is 5. The van der Waals surface area contributed by atoms with E-state index in [-0.39, 0.29) is 11.0 Å². The summed E-state index contributed by atoms with van der Waals surface area (Å²) in [5, 5.41) is 4.59. The molecule has 0 aliphatic carbocycles. The van der Waals surface area contributed by atoms with Crippen LogP contribution in [0, 0.1) is 0 Å². The molecule has 2 aliphatic heterocycles. The first kappa shape index (κ1) is 17.0. The largest absolute Gasteiger partial charge is 0.317 e. The molecule has 2 aliphatic rings. The zero-order valence-corrected chi connectivity index (χ0v) is 16.3. The van der Waals surface area contributed by atoms with E-state index >= 15 is 0 Å². The van der Waals surface area contributed by atoms with Gasteiger partial charge in [0.25, 0.3) is 5.56 Å². The molecule has 0 spiro atoms. The van der Waals surface area contributed by atoms with Crippen LogP contribution in [0.2, 0.25) is 5.02 Å². The molecular weight excluding hydrogens is 358 g/mol. The lowest BCUT2D eigenvalue weighted by molar-refractivity contribution is 0.460. The minimum absolute atomic E-state index is 0.210. The maximum atomic E-state index is 12.7. The van der Waals surface area contributed by atoms with Crippen LogP contribution in [0.5, 0.6) is 0 Å². The highest BCUT2D eigenvalue weighted by Crippen LogP contribution is 2.45. The maximum Gasteiger partial charge on any atom is 0.280 e. The van der Waals surface area contributed by atoms with Crippen LogP contribution in [-0.2, 0) is 5.41 Å². The molecule has 5 rings (SSSR count). The lowest BCUT2D eigenvalue weighted by atomic mass is 9.82. The predicted octanol–water partition coefficient (Wildman–Crippen LogP) is 4.15. The summed E-state index contributed by atoms with van der Waals surface area (Å²) >= 11 is 6.53. The lowest BCUT2D eigenvalue weighted by Gasteiger charge is -2.25. The van der Waals surface area contributed by atoms with Gasteiger partial charge in [-0.3, -0.25) is 9.36 Å². The molecule has 0 saturated carbocycles. The number of hydrogen-bond acceptors (Lipinski definition) is 3. The molecule has 1 aromatic heterocycles. The average Bonchev–Trinajstić information content (AvgIpc) is 2.90. The van der Waals surface area contributed by atoms with E-state index in [0.717, 1.165) is 43.0 Å². The molecule has 1 fully saturated rings. The first-order valence-corrected chi connectivity index (χ1v) is 9.93. The third-order valence-corrected chi connectivity index (χ3v) is 6.47. The number of halogens is 1. The van der Waals surface area contributed by atoms with Crippen molar-refractivity contribution in [2.24, 2.45) is 0 Å². The summed E-state index contributed by atoms with van der Waals surface area (Å²) < 4.78 is 2.08. The van der Waals surface area contributed by atoms with E-state index in [0.29, 0.717) is 16.3 Å². The van der Waals surface area contributed by atoms with Crippen LogP contribution >= 0.6 is 11.6 Å². The van der Waals surface area contributed by atoms with Crippen LogP contribution in [-0.4, -0.2) is 22.6 Å². The van der Waals surface area contributed by atoms with Crippen LogP contribution in [0.1, 0.15) is 49.6 Å². The molecule has 0 amide bonds. The summed E-state index contributed by atoms with van der Waals surface area (Å²) in [6, 6.07) is 12.2. The second-order valence-electron chi connectivity index (χ2n) is 8.14. The molecule has 3 heterocycles. The minimum Gasteiger partial charge on any atom is -0.317 e. The molecule has 1 N–H and O–H groups in total. The molecule has 0 radical (unpaired) electrons. The topological polar surface area (TPSA) is 46.9 Å². The fraction of sp³-hybridized carbons (Fsp3) is 0.364. The Hall–Kier alpha value is -2.17. The van der Waals surface area contributed by atoms with Gasteiger partial charge >= 0.3 is 0 Å². The molecule has 5 heteroatoms. The second-order valence-corrected chi connectivity index (χ2v) is 8.55. The SMILES string of the molecule is CC1(C)c2cc(C3CCNCC3)ccc2-n2c1nc(=O)c1cccc(Cl)c12. The Morgan fingerprint density at radius 2 is 1.96 bits per heavy atom. The van der Waals surface area contributed by atoms with Gasteiger partial charge in [0, 0.05) is 0 Å². The molecule has 0 atom stereocenters. The zero-order chi connectivity index (χ0) is 18.8. The molecule has 2 aromatic carbocycles. The summed E-state index contributed by atoms with van der Waals surface area (Å²) in [6.45, 7) is 6.43. The van der Waals surface area contributed by atoms with Crippen LogP contribution in [0.3, 0.4) is 0 Å². The summed E-state index contributed by atoms with van der Waals surface area (Å²) in [6.07, 6.45) is 2.33. The maximum absolute atomic E-state index is 12.7. The number of hydrogen-bond donors (Lipinski definition) is 1. The van der Waals surface area contributed by atoms with Gasteiger partial charge in [0.1, 0.15) is 5.82 Å². The van der Waals surface area contributed by atoms with Crippen LogP contribution in [0.15, 0.2) is 41.2 Å². The first-order chi connectivity index (χ1) is 13.0. The van der Waals surface area contributed by atoms with E-state index in [9.17, 15) is 4.79 Å². The van der Waals surface area contributed by atoms with Crippen molar-refractivity contribution in [1.29, 1.82) is 0 Å². The number of benzene rings is 2. The molecule has 1 saturated heterocycles. The number of nitrogens with zero attached hydrogens (tertiary/aromatic N) is 2. The number of para-hydroxylation sites is 1. The van der Waals surface area contributed by atoms with Gasteiger partial charge in [0.05, 0.1) is 27.0 Å². The number of aromatic nitrogens is 2. The van der Waals surface area contributed by atoms with Gasteiger partial charge in [-0.2, -0.15) is 4.98 Å². The fourth-order valence-electron chi connectivity index (χ4n) is 4.66. The van der Waals surface area contributed by atoms with E-state index in [1.165, 1.54) is 11.1 Å².